The Morgan fingerprint density at radius 1 is 1.17 bits per heavy atom. The zero-order chi connectivity index (χ0) is 25.7. The second-order valence-corrected chi connectivity index (χ2v) is 9.90. The minimum absolute atomic E-state index is 0.0447. The molecule has 1 amide bonds. The summed E-state index contributed by atoms with van der Waals surface area (Å²) in [4.78, 5) is 27.0. The van der Waals surface area contributed by atoms with Gasteiger partial charge in [0.1, 0.15) is 6.29 Å². The number of carbonyl (C=O) groups is 2. The zero-order valence-electron chi connectivity index (χ0n) is 20.5. The Labute approximate surface area is 217 Å². The number of nitrogen functional groups attached to an aromatic ring is 1. The highest BCUT2D eigenvalue weighted by atomic mass is 35.5. The molecular formula is C29H31ClN4O2. The summed E-state index contributed by atoms with van der Waals surface area (Å²) in [5.74, 6) is -0.207. The van der Waals surface area contributed by atoms with Crippen LogP contribution in [0.1, 0.15) is 22.6 Å². The van der Waals surface area contributed by atoms with E-state index in [0.717, 1.165) is 40.2 Å². The van der Waals surface area contributed by atoms with E-state index < -0.39 is 5.41 Å². The normalized spacial score (nSPS) is 19.9. The number of nitrogens with zero attached hydrogens (tertiary/aromatic N) is 1. The van der Waals surface area contributed by atoms with Crippen molar-refractivity contribution in [3.8, 4) is 0 Å². The molecule has 2 atom stereocenters. The predicted molar refractivity (Wildman–Crippen MR) is 148 cm³/mol. The average Bonchev–Trinajstić information content (AvgIpc) is 3.22. The van der Waals surface area contributed by atoms with Crippen LogP contribution in [0.25, 0.3) is 6.08 Å². The van der Waals surface area contributed by atoms with Gasteiger partial charge in [-0.2, -0.15) is 0 Å². The van der Waals surface area contributed by atoms with Crippen molar-refractivity contribution in [3.05, 3.63) is 94.5 Å². The standard InChI is InChI=1S/C29H31ClN4O2/c1-20-15-23(12-13-25(20)30)32-17-29(19-35)18-34(2)16-24(29)22-10-7-21(8-11-22)9-14-28(36)33-27-6-4-3-5-26(27)31/h3-15,19,24,32H,16-18,31H2,1-2H3,(H,33,36). The molecule has 0 saturated carbocycles. The SMILES string of the molecule is Cc1cc(NCC2(C=O)CN(C)CC2c2ccc(C=CC(=O)Nc3ccccc3N)cc2)ccc1Cl. The molecule has 0 aliphatic carbocycles. The Morgan fingerprint density at radius 2 is 1.92 bits per heavy atom. The van der Waals surface area contributed by atoms with Gasteiger partial charge in [0.2, 0.25) is 5.91 Å². The van der Waals surface area contributed by atoms with Gasteiger partial charge >= 0.3 is 0 Å². The Morgan fingerprint density at radius 3 is 2.61 bits per heavy atom. The highest BCUT2D eigenvalue weighted by Gasteiger charge is 2.46. The van der Waals surface area contributed by atoms with Gasteiger partial charge < -0.3 is 26.1 Å². The first kappa shape index (κ1) is 25.5. The topological polar surface area (TPSA) is 87.5 Å². The summed E-state index contributed by atoms with van der Waals surface area (Å²) in [6, 6.07) is 21.0. The number of nitrogens with one attached hydrogen (secondary N) is 2. The molecule has 36 heavy (non-hydrogen) atoms. The lowest BCUT2D eigenvalue weighted by molar-refractivity contribution is -0.115. The summed E-state index contributed by atoms with van der Waals surface area (Å²) < 4.78 is 0. The highest BCUT2D eigenvalue weighted by molar-refractivity contribution is 6.31. The van der Waals surface area contributed by atoms with Gasteiger partial charge in [0.25, 0.3) is 0 Å². The lowest BCUT2D eigenvalue weighted by Crippen LogP contribution is -2.38. The quantitative estimate of drug-likeness (QED) is 0.223. The van der Waals surface area contributed by atoms with Gasteiger partial charge in [0.05, 0.1) is 16.8 Å². The van der Waals surface area contributed by atoms with E-state index in [2.05, 4.69) is 15.5 Å². The molecular weight excluding hydrogens is 472 g/mol. The summed E-state index contributed by atoms with van der Waals surface area (Å²) in [6.07, 6.45) is 4.35. The molecule has 1 saturated heterocycles. The van der Waals surface area contributed by atoms with Crippen molar-refractivity contribution >= 4 is 46.9 Å². The first-order valence-corrected chi connectivity index (χ1v) is 12.3. The van der Waals surface area contributed by atoms with E-state index in [9.17, 15) is 9.59 Å². The fourth-order valence-corrected chi connectivity index (χ4v) is 4.88. The van der Waals surface area contributed by atoms with Crippen molar-refractivity contribution in [2.24, 2.45) is 5.41 Å². The summed E-state index contributed by atoms with van der Waals surface area (Å²) >= 11 is 6.16. The van der Waals surface area contributed by atoms with E-state index in [1.165, 1.54) is 6.08 Å². The Balaban J connectivity index is 1.45. The van der Waals surface area contributed by atoms with Gasteiger partial charge in [-0.05, 0) is 67.1 Å². The molecule has 4 rings (SSSR count). The molecule has 7 heteroatoms. The molecule has 2 unspecified atom stereocenters. The van der Waals surface area contributed by atoms with E-state index in [1.54, 1.807) is 18.2 Å². The number of anilines is 3. The minimum Gasteiger partial charge on any atom is -0.397 e. The lowest BCUT2D eigenvalue weighted by atomic mass is 9.75. The molecule has 0 radical (unpaired) electrons. The molecule has 3 aromatic rings. The smallest absolute Gasteiger partial charge is 0.248 e. The number of carbonyl (C=O) groups excluding carboxylic acids is 2. The first-order valence-electron chi connectivity index (χ1n) is 11.9. The molecule has 186 valence electrons. The number of aldehydes is 1. The van der Waals surface area contributed by atoms with Crippen molar-refractivity contribution in [1.82, 2.24) is 4.90 Å². The number of para-hydroxylation sites is 2. The number of nitrogens with two attached hydrogens (primary N) is 1. The second-order valence-electron chi connectivity index (χ2n) is 9.49. The van der Waals surface area contributed by atoms with Crippen LogP contribution in [0.2, 0.25) is 5.02 Å². The van der Waals surface area contributed by atoms with E-state index >= 15 is 0 Å². The Hall–Kier alpha value is -3.61. The van der Waals surface area contributed by atoms with Gasteiger partial charge in [-0.25, -0.2) is 0 Å². The van der Waals surface area contributed by atoms with Crippen LogP contribution in [0.15, 0.2) is 72.8 Å². The van der Waals surface area contributed by atoms with Gasteiger partial charge in [0, 0.05) is 42.3 Å². The largest absolute Gasteiger partial charge is 0.397 e. The molecule has 1 fully saturated rings. The van der Waals surface area contributed by atoms with Gasteiger partial charge in [-0.1, -0.05) is 48.0 Å². The molecule has 3 aromatic carbocycles. The van der Waals surface area contributed by atoms with Gasteiger partial charge in [0.15, 0.2) is 0 Å². The molecule has 0 aromatic heterocycles. The average molecular weight is 503 g/mol. The monoisotopic (exact) mass is 502 g/mol. The predicted octanol–water partition coefficient (Wildman–Crippen LogP) is 5.21. The highest BCUT2D eigenvalue weighted by Crippen LogP contribution is 2.41. The zero-order valence-corrected chi connectivity index (χ0v) is 21.3. The van der Waals surface area contributed by atoms with Crippen LogP contribution in [0, 0.1) is 12.3 Å². The molecule has 0 spiro atoms. The number of rotatable bonds is 8. The molecule has 0 bridgehead atoms. The third-order valence-electron chi connectivity index (χ3n) is 6.75. The van der Waals surface area contributed by atoms with Crippen LogP contribution < -0.4 is 16.4 Å². The summed E-state index contributed by atoms with van der Waals surface area (Å²) in [5, 5.41) is 6.96. The molecule has 1 heterocycles. The molecule has 1 aliphatic rings. The van der Waals surface area contributed by atoms with Crippen LogP contribution in [0.3, 0.4) is 0 Å². The number of halogens is 1. The number of benzene rings is 3. The van der Waals surface area contributed by atoms with Gasteiger partial charge in [-0.15, -0.1) is 0 Å². The van der Waals surface area contributed by atoms with Crippen molar-refractivity contribution in [2.45, 2.75) is 12.8 Å². The summed E-state index contributed by atoms with van der Waals surface area (Å²) in [6.45, 7) is 3.95. The van der Waals surface area contributed by atoms with E-state index in [0.29, 0.717) is 24.5 Å². The van der Waals surface area contributed by atoms with Crippen molar-refractivity contribution < 1.29 is 9.59 Å². The number of amides is 1. The van der Waals surface area contributed by atoms with E-state index in [1.807, 2.05) is 68.6 Å². The fraction of sp³-hybridized carbons (Fsp3) is 0.241. The second kappa shape index (κ2) is 11.0. The van der Waals surface area contributed by atoms with Crippen LogP contribution in [0.4, 0.5) is 17.1 Å². The Bertz CT molecular complexity index is 1270. The number of likely N-dealkylation sites (tertiary alicyclic amines) is 1. The number of hydrogen-bond donors (Lipinski definition) is 3. The third kappa shape index (κ3) is 5.78. The number of likely N-dealkylation sites (N-methyl/N-ethyl adjacent to an activating group) is 1. The van der Waals surface area contributed by atoms with Gasteiger partial charge in [-0.3, -0.25) is 4.79 Å². The number of aryl methyl sites for hydroxylation is 1. The maximum absolute atomic E-state index is 12.5. The Kier molecular flexibility index (Phi) is 7.77. The van der Waals surface area contributed by atoms with Crippen LogP contribution in [0.5, 0.6) is 0 Å². The van der Waals surface area contributed by atoms with Crippen molar-refractivity contribution in [1.29, 1.82) is 0 Å². The van der Waals surface area contributed by atoms with Crippen LogP contribution in [-0.4, -0.2) is 43.8 Å². The van der Waals surface area contributed by atoms with E-state index in [-0.39, 0.29) is 11.8 Å². The maximum Gasteiger partial charge on any atom is 0.248 e. The summed E-state index contributed by atoms with van der Waals surface area (Å²) in [7, 11) is 2.04. The van der Waals surface area contributed by atoms with Crippen molar-refractivity contribution in [3.63, 3.8) is 0 Å². The van der Waals surface area contributed by atoms with E-state index in [4.69, 9.17) is 17.3 Å². The third-order valence-corrected chi connectivity index (χ3v) is 7.18. The maximum atomic E-state index is 12.5. The van der Waals surface area contributed by atoms with Crippen molar-refractivity contribution in [2.75, 3.05) is 43.0 Å². The number of hydrogen-bond acceptors (Lipinski definition) is 5. The van der Waals surface area contributed by atoms with Crippen LogP contribution in [-0.2, 0) is 9.59 Å². The summed E-state index contributed by atoms with van der Waals surface area (Å²) in [5.41, 5.74) is 10.4. The van der Waals surface area contributed by atoms with Crippen LogP contribution >= 0.6 is 11.6 Å². The first-order chi connectivity index (χ1) is 17.3. The minimum atomic E-state index is -0.560. The molecule has 4 N–H and O–H groups in total. The molecule has 1 aliphatic heterocycles. The fourth-order valence-electron chi connectivity index (χ4n) is 4.77. The molecule has 6 nitrogen and oxygen atoms in total. The lowest BCUT2D eigenvalue weighted by Gasteiger charge is -2.30.